The summed E-state index contributed by atoms with van der Waals surface area (Å²) in [5.41, 5.74) is 7.14. The molecule has 0 atom stereocenters. The van der Waals surface area contributed by atoms with Gasteiger partial charge in [-0.15, -0.1) is 0 Å². The summed E-state index contributed by atoms with van der Waals surface area (Å²) in [6.07, 6.45) is 3.09. The van der Waals surface area contributed by atoms with Crippen LogP contribution in [0.15, 0.2) is 24.7 Å². The van der Waals surface area contributed by atoms with E-state index in [-0.39, 0.29) is 0 Å². The lowest BCUT2D eigenvalue weighted by Gasteiger charge is -2.01. The van der Waals surface area contributed by atoms with E-state index in [1.54, 1.807) is 19.4 Å². The largest absolute Gasteiger partial charge is 0.481 e. The van der Waals surface area contributed by atoms with E-state index in [9.17, 15) is 0 Å². The molecule has 0 saturated carbocycles. The molecule has 2 aromatic heterocycles. The number of hydrogen-bond acceptors (Lipinski definition) is 5. The van der Waals surface area contributed by atoms with Crippen molar-refractivity contribution in [3.8, 4) is 17.1 Å². The highest BCUT2D eigenvalue weighted by atomic mass is 16.5. The second-order valence-corrected chi connectivity index (χ2v) is 2.97. The van der Waals surface area contributed by atoms with Crippen molar-refractivity contribution in [1.82, 2.24) is 14.6 Å². The fraction of sp³-hybridized carbons (Fsp3) is 0.111. The highest BCUT2D eigenvalue weighted by Crippen LogP contribution is 2.23. The average molecular weight is 205 g/mol. The summed E-state index contributed by atoms with van der Waals surface area (Å²) >= 11 is 0. The predicted molar refractivity (Wildman–Crippen MR) is 56.6 cm³/mol. The fourth-order valence-corrected chi connectivity index (χ4v) is 1.23. The van der Waals surface area contributed by atoms with E-state index in [1.165, 1.54) is 11.0 Å². The van der Waals surface area contributed by atoms with E-state index < -0.39 is 0 Å². The SMILES string of the molecule is COc1ccc(-c2ncn(N)c2N)cn1. The van der Waals surface area contributed by atoms with Gasteiger partial charge in [0.1, 0.15) is 12.0 Å². The molecule has 0 bridgehead atoms. The summed E-state index contributed by atoms with van der Waals surface area (Å²) in [5.74, 6) is 6.47. The maximum absolute atomic E-state index is 5.72. The normalized spacial score (nSPS) is 10.2. The summed E-state index contributed by atoms with van der Waals surface area (Å²) in [6.45, 7) is 0. The molecule has 6 heteroatoms. The van der Waals surface area contributed by atoms with Crippen molar-refractivity contribution in [2.45, 2.75) is 0 Å². The molecular weight excluding hydrogens is 194 g/mol. The van der Waals surface area contributed by atoms with Crippen LogP contribution in [0.25, 0.3) is 11.3 Å². The quantitative estimate of drug-likeness (QED) is 0.685. The molecule has 2 heterocycles. The third-order valence-electron chi connectivity index (χ3n) is 2.05. The van der Waals surface area contributed by atoms with Gasteiger partial charge in [0, 0.05) is 17.8 Å². The second kappa shape index (κ2) is 3.49. The van der Waals surface area contributed by atoms with Crippen LogP contribution in [-0.2, 0) is 0 Å². The molecule has 2 rings (SSSR count). The van der Waals surface area contributed by atoms with Crippen LogP contribution >= 0.6 is 0 Å². The summed E-state index contributed by atoms with van der Waals surface area (Å²) in [4.78, 5) is 8.13. The topological polar surface area (TPSA) is 92.0 Å². The first-order chi connectivity index (χ1) is 7.22. The van der Waals surface area contributed by atoms with Crippen molar-refractivity contribution in [2.24, 2.45) is 0 Å². The van der Waals surface area contributed by atoms with Gasteiger partial charge < -0.3 is 16.3 Å². The zero-order valence-electron chi connectivity index (χ0n) is 8.21. The molecule has 0 radical (unpaired) electrons. The van der Waals surface area contributed by atoms with Gasteiger partial charge in [-0.25, -0.2) is 14.6 Å². The third kappa shape index (κ3) is 1.56. The Bertz CT molecular complexity index is 462. The van der Waals surface area contributed by atoms with Crippen LogP contribution in [0.5, 0.6) is 5.88 Å². The minimum atomic E-state index is 0.405. The predicted octanol–water partition coefficient (Wildman–Crippen LogP) is 0.250. The second-order valence-electron chi connectivity index (χ2n) is 2.97. The molecule has 0 aliphatic carbocycles. The van der Waals surface area contributed by atoms with Crippen molar-refractivity contribution in [2.75, 3.05) is 18.7 Å². The number of nitrogens with zero attached hydrogens (tertiary/aromatic N) is 3. The summed E-state index contributed by atoms with van der Waals surface area (Å²) in [5, 5.41) is 0. The molecule has 0 unspecified atom stereocenters. The Kier molecular flexibility index (Phi) is 2.17. The zero-order valence-corrected chi connectivity index (χ0v) is 8.21. The van der Waals surface area contributed by atoms with E-state index in [0.717, 1.165) is 5.56 Å². The fourth-order valence-electron chi connectivity index (χ4n) is 1.23. The molecule has 0 spiro atoms. The number of methoxy groups -OCH3 is 1. The summed E-state index contributed by atoms with van der Waals surface area (Å²) < 4.78 is 6.21. The standard InChI is InChI=1S/C9H11N5O/c1-15-7-3-2-6(4-12-7)8-9(10)14(11)5-13-8/h2-5H,10-11H2,1H3. The molecule has 0 aliphatic heterocycles. The first-order valence-corrected chi connectivity index (χ1v) is 4.30. The molecule has 0 amide bonds. The monoisotopic (exact) mass is 205 g/mol. The molecular formula is C9H11N5O. The number of nitrogen functional groups attached to an aromatic ring is 2. The Balaban J connectivity index is 2.41. The first-order valence-electron chi connectivity index (χ1n) is 4.30. The Morgan fingerprint density at radius 3 is 2.60 bits per heavy atom. The number of rotatable bonds is 2. The molecule has 15 heavy (non-hydrogen) atoms. The lowest BCUT2D eigenvalue weighted by molar-refractivity contribution is 0.398. The smallest absolute Gasteiger partial charge is 0.212 e. The highest BCUT2D eigenvalue weighted by molar-refractivity contribution is 5.69. The zero-order chi connectivity index (χ0) is 10.8. The Morgan fingerprint density at radius 2 is 2.13 bits per heavy atom. The van der Waals surface area contributed by atoms with Gasteiger partial charge in [-0.3, -0.25) is 0 Å². The summed E-state index contributed by atoms with van der Waals surface area (Å²) in [7, 11) is 1.56. The maximum atomic E-state index is 5.72. The number of ether oxygens (including phenoxy) is 1. The van der Waals surface area contributed by atoms with Crippen LogP contribution in [0, 0.1) is 0 Å². The van der Waals surface area contributed by atoms with Gasteiger partial charge in [-0.1, -0.05) is 0 Å². The molecule has 6 nitrogen and oxygen atoms in total. The molecule has 4 N–H and O–H groups in total. The Hall–Kier alpha value is -2.24. The first kappa shape index (κ1) is 9.32. The molecule has 0 aromatic carbocycles. The lowest BCUT2D eigenvalue weighted by Crippen LogP contribution is -2.09. The van der Waals surface area contributed by atoms with Crippen molar-refractivity contribution < 1.29 is 4.74 Å². The van der Waals surface area contributed by atoms with Gasteiger partial charge in [0.05, 0.1) is 7.11 Å². The van der Waals surface area contributed by atoms with E-state index >= 15 is 0 Å². The number of anilines is 1. The maximum Gasteiger partial charge on any atom is 0.212 e. The van der Waals surface area contributed by atoms with Crippen LogP contribution < -0.4 is 16.3 Å². The average Bonchev–Trinajstić information content (AvgIpc) is 2.60. The van der Waals surface area contributed by atoms with Crippen molar-refractivity contribution in [1.29, 1.82) is 0 Å². The van der Waals surface area contributed by atoms with Crippen LogP contribution in [0.1, 0.15) is 0 Å². The number of aromatic nitrogens is 3. The lowest BCUT2D eigenvalue weighted by atomic mass is 10.2. The number of hydrogen-bond donors (Lipinski definition) is 2. The van der Waals surface area contributed by atoms with Crippen molar-refractivity contribution in [3.05, 3.63) is 24.7 Å². The molecule has 0 saturated heterocycles. The minimum absolute atomic E-state index is 0.405. The Morgan fingerprint density at radius 1 is 1.33 bits per heavy atom. The van der Waals surface area contributed by atoms with Gasteiger partial charge in [0.25, 0.3) is 0 Å². The van der Waals surface area contributed by atoms with E-state index in [4.69, 9.17) is 16.3 Å². The van der Waals surface area contributed by atoms with Gasteiger partial charge in [-0.2, -0.15) is 0 Å². The van der Waals surface area contributed by atoms with Crippen LogP contribution in [0.3, 0.4) is 0 Å². The Labute approximate surface area is 86.5 Å². The van der Waals surface area contributed by atoms with Crippen LogP contribution in [0.2, 0.25) is 0 Å². The molecule has 2 aromatic rings. The van der Waals surface area contributed by atoms with Crippen molar-refractivity contribution >= 4 is 5.82 Å². The molecule has 0 aliphatic rings. The highest BCUT2D eigenvalue weighted by Gasteiger charge is 2.08. The van der Waals surface area contributed by atoms with E-state index in [0.29, 0.717) is 17.4 Å². The van der Waals surface area contributed by atoms with Crippen LogP contribution in [0.4, 0.5) is 5.82 Å². The van der Waals surface area contributed by atoms with E-state index in [2.05, 4.69) is 9.97 Å². The van der Waals surface area contributed by atoms with Gasteiger partial charge in [0.2, 0.25) is 5.88 Å². The van der Waals surface area contributed by atoms with Gasteiger partial charge in [0.15, 0.2) is 5.82 Å². The number of pyridine rings is 1. The van der Waals surface area contributed by atoms with Crippen LogP contribution in [-0.4, -0.2) is 21.8 Å². The molecule has 0 fully saturated rings. The number of imidazole rings is 1. The number of nitrogens with two attached hydrogens (primary N) is 2. The minimum Gasteiger partial charge on any atom is -0.481 e. The van der Waals surface area contributed by atoms with E-state index in [1.807, 2.05) is 6.07 Å². The van der Waals surface area contributed by atoms with Crippen molar-refractivity contribution in [3.63, 3.8) is 0 Å². The van der Waals surface area contributed by atoms with Gasteiger partial charge >= 0.3 is 0 Å². The third-order valence-corrected chi connectivity index (χ3v) is 2.05. The summed E-state index contributed by atoms with van der Waals surface area (Å²) in [6, 6.07) is 3.56. The molecule has 78 valence electrons. The van der Waals surface area contributed by atoms with Gasteiger partial charge in [-0.05, 0) is 6.07 Å².